The van der Waals surface area contributed by atoms with Gasteiger partial charge in [-0.05, 0) is 48.6 Å². The second-order valence-electron chi connectivity index (χ2n) is 6.21. The van der Waals surface area contributed by atoms with Crippen molar-refractivity contribution in [3.63, 3.8) is 0 Å². The topological polar surface area (TPSA) is 75.7 Å². The molecule has 2 heterocycles. The van der Waals surface area contributed by atoms with Crippen molar-refractivity contribution in [3.8, 4) is 0 Å². The highest BCUT2D eigenvalue weighted by Gasteiger charge is 2.29. The summed E-state index contributed by atoms with van der Waals surface area (Å²) in [5.74, 6) is -1.66. The van der Waals surface area contributed by atoms with Crippen molar-refractivity contribution in [1.29, 1.82) is 0 Å². The highest BCUT2D eigenvalue weighted by atomic mass is 32.1. The van der Waals surface area contributed by atoms with Crippen molar-refractivity contribution in [2.75, 3.05) is 25.0 Å². The third kappa shape index (κ3) is 5.13. The van der Waals surface area contributed by atoms with Gasteiger partial charge in [-0.25, -0.2) is 4.39 Å². The Morgan fingerprint density at radius 1 is 1.15 bits per heavy atom. The minimum absolute atomic E-state index is 0.0181. The third-order valence-corrected chi connectivity index (χ3v) is 5.18. The van der Waals surface area contributed by atoms with Gasteiger partial charge in [0.05, 0.1) is 10.8 Å². The number of esters is 1. The second kappa shape index (κ2) is 8.77. The molecule has 0 aliphatic carbocycles. The molecule has 0 spiro atoms. The number of hydrogen-bond acceptors (Lipinski definition) is 5. The minimum atomic E-state index is -0.486. The number of likely N-dealkylation sites (tertiary alicyclic amines) is 1. The van der Waals surface area contributed by atoms with Crippen LogP contribution >= 0.6 is 11.3 Å². The van der Waals surface area contributed by atoms with Gasteiger partial charge in [0.15, 0.2) is 6.61 Å². The predicted molar refractivity (Wildman–Crippen MR) is 98.9 cm³/mol. The van der Waals surface area contributed by atoms with Crippen LogP contribution in [-0.4, -0.2) is 42.4 Å². The highest BCUT2D eigenvalue weighted by Crippen LogP contribution is 2.21. The first kappa shape index (κ1) is 19.0. The van der Waals surface area contributed by atoms with Gasteiger partial charge in [-0.2, -0.15) is 0 Å². The van der Waals surface area contributed by atoms with Crippen molar-refractivity contribution in [3.05, 3.63) is 52.5 Å². The van der Waals surface area contributed by atoms with Crippen molar-refractivity contribution < 1.29 is 23.5 Å². The summed E-state index contributed by atoms with van der Waals surface area (Å²) in [6.45, 7) is 0.571. The average Bonchev–Trinajstić information content (AvgIpc) is 3.22. The molecule has 2 amide bonds. The van der Waals surface area contributed by atoms with Crippen molar-refractivity contribution in [2.45, 2.75) is 12.8 Å². The Kier molecular flexibility index (Phi) is 6.18. The van der Waals surface area contributed by atoms with Crippen LogP contribution in [0.5, 0.6) is 0 Å². The summed E-state index contributed by atoms with van der Waals surface area (Å²) in [4.78, 5) is 38.7. The molecule has 2 aromatic rings. The lowest BCUT2D eigenvalue weighted by molar-refractivity contribution is -0.152. The molecule has 6 nitrogen and oxygen atoms in total. The van der Waals surface area contributed by atoms with Crippen LogP contribution in [0.15, 0.2) is 41.8 Å². The Bertz CT molecular complexity index is 800. The number of nitrogens with zero attached hydrogens (tertiary/aromatic N) is 1. The number of carbonyl (C=O) groups is 3. The largest absolute Gasteiger partial charge is 0.455 e. The fourth-order valence-corrected chi connectivity index (χ4v) is 3.55. The molecule has 8 heteroatoms. The first-order valence-corrected chi connectivity index (χ1v) is 9.46. The lowest BCUT2D eigenvalue weighted by Gasteiger charge is -2.30. The van der Waals surface area contributed by atoms with E-state index < -0.39 is 24.3 Å². The van der Waals surface area contributed by atoms with Crippen LogP contribution in [0, 0.1) is 11.7 Å². The summed E-state index contributed by atoms with van der Waals surface area (Å²) in [6.07, 6.45) is 1.02. The van der Waals surface area contributed by atoms with E-state index >= 15 is 0 Å². The molecule has 1 fully saturated rings. The van der Waals surface area contributed by atoms with Gasteiger partial charge in [0.1, 0.15) is 5.82 Å². The molecule has 1 aromatic heterocycles. The zero-order valence-electron chi connectivity index (χ0n) is 14.5. The molecule has 0 saturated carbocycles. The maximum atomic E-state index is 12.8. The molecule has 1 aliphatic heterocycles. The standard InChI is InChI=1S/C19H19FN2O4S/c20-14-3-5-15(6-4-14)21-17(23)12-26-19(25)13-7-9-22(10-8-13)18(24)16-2-1-11-27-16/h1-6,11,13H,7-10,12H2,(H,21,23). The number of rotatable bonds is 5. The van der Waals surface area contributed by atoms with E-state index in [1.807, 2.05) is 11.4 Å². The summed E-state index contributed by atoms with van der Waals surface area (Å²) in [5.41, 5.74) is 0.429. The summed E-state index contributed by atoms with van der Waals surface area (Å²) in [5, 5.41) is 4.39. The normalized spacial score (nSPS) is 14.6. The van der Waals surface area contributed by atoms with E-state index in [2.05, 4.69) is 5.32 Å². The number of amides is 2. The Balaban J connectivity index is 1.41. The molecule has 1 aliphatic rings. The maximum absolute atomic E-state index is 12.8. The van der Waals surface area contributed by atoms with E-state index in [1.165, 1.54) is 35.6 Å². The molecule has 1 saturated heterocycles. The smallest absolute Gasteiger partial charge is 0.309 e. The summed E-state index contributed by atoms with van der Waals surface area (Å²) >= 11 is 1.40. The van der Waals surface area contributed by atoms with Crippen molar-refractivity contribution >= 4 is 34.8 Å². The van der Waals surface area contributed by atoms with Crippen molar-refractivity contribution in [2.24, 2.45) is 5.92 Å². The fraction of sp³-hybridized carbons (Fsp3) is 0.316. The van der Waals surface area contributed by atoms with E-state index in [0.29, 0.717) is 36.5 Å². The van der Waals surface area contributed by atoms with Crippen LogP contribution in [0.1, 0.15) is 22.5 Å². The predicted octanol–water partition coefficient (Wildman–Crippen LogP) is 2.92. The number of ether oxygens (including phenoxy) is 1. The van der Waals surface area contributed by atoms with Gasteiger partial charge in [-0.1, -0.05) is 6.07 Å². The molecule has 1 N–H and O–H groups in total. The summed E-state index contributed by atoms with van der Waals surface area (Å²) in [6, 6.07) is 8.93. The lowest BCUT2D eigenvalue weighted by atomic mass is 9.97. The molecule has 0 unspecified atom stereocenters. The van der Waals surface area contributed by atoms with E-state index in [-0.39, 0.29) is 11.8 Å². The number of halogens is 1. The number of anilines is 1. The molecule has 0 atom stereocenters. The second-order valence-corrected chi connectivity index (χ2v) is 7.15. The Hall–Kier alpha value is -2.74. The molecule has 3 rings (SSSR count). The Labute approximate surface area is 159 Å². The van der Waals surface area contributed by atoms with Crippen LogP contribution < -0.4 is 5.32 Å². The number of carbonyl (C=O) groups excluding carboxylic acids is 3. The monoisotopic (exact) mass is 390 g/mol. The molecule has 27 heavy (non-hydrogen) atoms. The quantitative estimate of drug-likeness (QED) is 0.797. The van der Waals surface area contributed by atoms with Gasteiger partial charge in [-0.15, -0.1) is 11.3 Å². The Morgan fingerprint density at radius 3 is 2.48 bits per heavy atom. The molecule has 0 bridgehead atoms. The molecule has 0 radical (unpaired) electrons. The van der Waals surface area contributed by atoms with Gasteiger partial charge >= 0.3 is 5.97 Å². The van der Waals surface area contributed by atoms with E-state index in [0.717, 1.165) is 0 Å². The number of nitrogens with one attached hydrogen (secondary N) is 1. The van der Waals surface area contributed by atoms with E-state index in [4.69, 9.17) is 4.74 Å². The molecular weight excluding hydrogens is 371 g/mol. The van der Waals surface area contributed by atoms with Crippen molar-refractivity contribution in [1.82, 2.24) is 4.90 Å². The van der Waals surface area contributed by atoms with Crippen LogP contribution in [0.25, 0.3) is 0 Å². The van der Waals surface area contributed by atoms with E-state index in [1.54, 1.807) is 11.0 Å². The van der Waals surface area contributed by atoms with Crippen LogP contribution in [-0.2, 0) is 14.3 Å². The molecule has 142 valence electrons. The third-order valence-electron chi connectivity index (χ3n) is 4.32. The minimum Gasteiger partial charge on any atom is -0.455 e. The zero-order chi connectivity index (χ0) is 19.2. The number of hydrogen-bond donors (Lipinski definition) is 1. The summed E-state index contributed by atoms with van der Waals surface area (Å²) in [7, 11) is 0. The van der Waals surface area contributed by atoms with Crippen LogP contribution in [0.2, 0.25) is 0 Å². The Morgan fingerprint density at radius 2 is 1.85 bits per heavy atom. The average molecular weight is 390 g/mol. The van der Waals surface area contributed by atoms with Gasteiger partial charge in [0.25, 0.3) is 11.8 Å². The first-order valence-electron chi connectivity index (χ1n) is 8.58. The number of piperidine rings is 1. The lowest BCUT2D eigenvalue weighted by Crippen LogP contribution is -2.40. The van der Waals surface area contributed by atoms with Gasteiger partial charge in [0, 0.05) is 18.8 Å². The van der Waals surface area contributed by atoms with Gasteiger partial charge in [-0.3, -0.25) is 14.4 Å². The van der Waals surface area contributed by atoms with Gasteiger partial charge in [0.2, 0.25) is 0 Å². The first-order chi connectivity index (χ1) is 13.0. The van der Waals surface area contributed by atoms with Crippen LogP contribution in [0.3, 0.4) is 0 Å². The molecule has 1 aromatic carbocycles. The summed E-state index contributed by atoms with van der Waals surface area (Å²) < 4.78 is 17.9. The number of thiophene rings is 1. The zero-order valence-corrected chi connectivity index (χ0v) is 15.3. The highest BCUT2D eigenvalue weighted by molar-refractivity contribution is 7.12. The maximum Gasteiger partial charge on any atom is 0.309 e. The van der Waals surface area contributed by atoms with Crippen LogP contribution in [0.4, 0.5) is 10.1 Å². The van der Waals surface area contributed by atoms with E-state index in [9.17, 15) is 18.8 Å². The molecular formula is C19H19FN2O4S. The number of benzene rings is 1. The fourth-order valence-electron chi connectivity index (χ4n) is 2.86. The SMILES string of the molecule is O=C(COC(=O)C1CCN(C(=O)c2cccs2)CC1)Nc1ccc(F)cc1. The van der Waals surface area contributed by atoms with Gasteiger partial charge < -0.3 is 15.0 Å².